The maximum absolute atomic E-state index is 12.2. The molecule has 1 atom stereocenters. The molecule has 21 heavy (non-hydrogen) atoms. The SMILES string of the molecule is CCCCCCC(CCCC)(C(=O)O)[SiH](CCC)CCC. The van der Waals surface area contributed by atoms with E-state index < -0.39 is 14.8 Å². The fraction of sp³-hybridized carbons (Fsp3) is 0.944. The van der Waals surface area contributed by atoms with Gasteiger partial charge in [0.25, 0.3) is 0 Å². The highest BCUT2D eigenvalue weighted by Crippen LogP contribution is 2.45. The van der Waals surface area contributed by atoms with Gasteiger partial charge < -0.3 is 5.11 Å². The number of carboxylic acids is 1. The van der Waals surface area contributed by atoms with E-state index in [1.807, 2.05) is 0 Å². The van der Waals surface area contributed by atoms with Crippen LogP contribution in [0, 0.1) is 0 Å². The molecule has 1 unspecified atom stereocenters. The van der Waals surface area contributed by atoms with E-state index in [0.29, 0.717) is 0 Å². The zero-order valence-electron chi connectivity index (χ0n) is 14.9. The van der Waals surface area contributed by atoms with Gasteiger partial charge in [-0.15, -0.1) is 0 Å². The van der Waals surface area contributed by atoms with Gasteiger partial charge in [-0.3, -0.25) is 4.79 Å². The molecule has 0 aromatic heterocycles. The minimum Gasteiger partial charge on any atom is -0.481 e. The summed E-state index contributed by atoms with van der Waals surface area (Å²) in [7, 11) is -1.23. The minimum absolute atomic E-state index is 0.324. The van der Waals surface area contributed by atoms with Crippen molar-refractivity contribution in [1.29, 1.82) is 0 Å². The molecule has 0 aromatic carbocycles. The van der Waals surface area contributed by atoms with Crippen molar-refractivity contribution in [2.24, 2.45) is 0 Å². The van der Waals surface area contributed by atoms with Crippen LogP contribution in [0.1, 0.15) is 91.9 Å². The van der Waals surface area contributed by atoms with Crippen LogP contribution in [-0.2, 0) is 4.79 Å². The number of carboxylic acid groups (broad SMARTS) is 1. The number of aliphatic carboxylic acids is 1. The quantitative estimate of drug-likeness (QED) is 0.314. The maximum Gasteiger partial charge on any atom is 0.306 e. The van der Waals surface area contributed by atoms with Gasteiger partial charge in [-0.1, -0.05) is 91.1 Å². The van der Waals surface area contributed by atoms with Crippen LogP contribution in [0.2, 0.25) is 17.1 Å². The molecule has 0 heterocycles. The number of unbranched alkanes of at least 4 members (excludes halogenated alkanes) is 4. The van der Waals surface area contributed by atoms with Gasteiger partial charge in [0.15, 0.2) is 0 Å². The number of hydrogen-bond donors (Lipinski definition) is 1. The van der Waals surface area contributed by atoms with Crippen LogP contribution >= 0.6 is 0 Å². The molecule has 0 saturated heterocycles. The van der Waals surface area contributed by atoms with Crippen LogP contribution < -0.4 is 0 Å². The molecule has 1 N–H and O–H groups in total. The van der Waals surface area contributed by atoms with Crippen molar-refractivity contribution in [2.75, 3.05) is 0 Å². The fourth-order valence-electron chi connectivity index (χ4n) is 3.68. The van der Waals surface area contributed by atoms with E-state index >= 15 is 0 Å². The third-order valence-corrected chi connectivity index (χ3v) is 9.87. The summed E-state index contributed by atoms with van der Waals surface area (Å²) in [5, 5.41) is 9.74. The fourth-order valence-corrected chi connectivity index (χ4v) is 8.04. The molecule has 3 heteroatoms. The predicted molar refractivity (Wildman–Crippen MR) is 96.0 cm³/mol. The molecular weight excluding hydrogens is 276 g/mol. The van der Waals surface area contributed by atoms with Crippen molar-refractivity contribution in [1.82, 2.24) is 0 Å². The Morgan fingerprint density at radius 3 is 1.76 bits per heavy atom. The molecule has 0 rings (SSSR count). The van der Waals surface area contributed by atoms with Gasteiger partial charge in [-0.25, -0.2) is 0 Å². The Bertz CT molecular complexity index is 262. The monoisotopic (exact) mass is 314 g/mol. The van der Waals surface area contributed by atoms with Gasteiger partial charge >= 0.3 is 5.97 Å². The first-order valence-corrected chi connectivity index (χ1v) is 11.5. The summed E-state index contributed by atoms with van der Waals surface area (Å²) < 4.78 is 0. The minimum atomic E-state index is -1.23. The molecule has 0 aliphatic heterocycles. The van der Waals surface area contributed by atoms with E-state index in [1.165, 1.54) is 31.4 Å². The molecular formula is C18H38O2Si. The third kappa shape index (κ3) is 6.99. The van der Waals surface area contributed by atoms with Gasteiger partial charge in [0, 0.05) is 0 Å². The van der Waals surface area contributed by atoms with Crippen LogP contribution in [0.5, 0.6) is 0 Å². The molecule has 0 aliphatic carbocycles. The normalized spacial score (nSPS) is 14.3. The average molecular weight is 315 g/mol. The molecule has 0 saturated carbocycles. The van der Waals surface area contributed by atoms with Crippen molar-refractivity contribution >= 4 is 14.8 Å². The topological polar surface area (TPSA) is 37.3 Å². The molecule has 0 aliphatic rings. The van der Waals surface area contributed by atoms with Crippen molar-refractivity contribution in [3.8, 4) is 0 Å². The van der Waals surface area contributed by atoms with Crippen LogP contribution in [0.4, 0.5) is 0 Å². The Kier molecular flexibility index (Phi) is 12.1. The Morgan fingerprint density at radius 2 is 1.33 bits per heavy atom. The highest BCUT2D eigenvalue weighted by molar-refractivity contribution is 6.66. The van der Waals surface area contributed by atoms with Crippen molar-refractivity contribution in [2.45, 2.75) is 109 Å². The van der Waals surface area contributed by atoms with E-state index in [4.69, 9.17) is 0 Å². The molecule has 0 aromatic rings. The lowest BCUT2D eigenvalue weighted by Crippen LogP contribution is -2.39. The first kappa shape index (κ1) is 20.7. The Morgan fingerprint density at radius 1 is 0.810 bits per heavy atom. The number of hydrogen-bond acceptors (Lipinski definition) is 1. The lowest BCUT2D eigenvalue weighted by Gasteiger charge is -2.37. The summed E-state index contributed by atoms with van der Waals surface area (Å²) in [6.07, 6.45) is 11.2. The van der Waals surface area contributed by atoms with Crippen LogP contribution in [0.25, 0.3) is 0 Å². The largest absolute Gasteiger partial charge is 0.481 e. The van der Waals surface area contributed by atoms with Crippen LogP contribution in [-0.4, -0.2) is 19.9 Å². The first-order chi connectivity index (χ1) is 10.1. The maximum atomic E-state index is 12.2. The Balaban J connectivity index is 5.07. The predicted octanol–water partition coefficient (Wildman–Crippen LogP) is 6.02. The van der Waals surface area contributed by atoms with E-state index in [2.05, 4.69) is 27.7 Å². The summed E-state index contributed by atoms with van der Waals surface area (Å²) in [5.74, 6) is -0.467. The standard InChI is InChI=1S/C18H38O2Si/c1-5-9-11-12-14-18(17(19)20,13-10-6-2)21(15-7-3)16-8-4/h21H,5-16H2,1-4H3,(H,19,20). The van der Waals surface area contributed by atoms with Gasteiger partial charge in [0.1, 0.15) is 0 Å². The van der Waals surface area contributed by atoms with E-state index in [0.717, 1.165) is 44.9 Å². The van der Waals surface area contributed by atoms with Crippen molar-refractivity contribution < 1.29 is 9.90 Å². The average Bonchev–Trinajstić information content (AvgIpc) is 2.46. The number of carbonyl (C=O) groups is 1. The highest BCUT2D eigenvalue weighted by Gasteiger charge is 2.44. The Hall–Kier alpha value is -0.313. The zero-order chi connectivity index (χ0) is 16.1. The molecule has 2 nitrogen and oxygen atoms in total. The Labute approximate surface area is 134 Å². The van der Waals surface area contributed by atoms with E-state index in [9.17, 15) is 9.90 Å². The summed E-state index contributed by atoms with van der Waals surface area (Å²) in [4.78, 5) is 12.2. The van der Waals surface area contributed by atoms with E-state index in [-0.39, 0.29) is 5.04 Å². The highest BCUT2D eigenvalue weighted by atomic mass is 28.3. The van der Waals surface area contributed by atoms with Crippen molar-refractivity contribution in [3.05, 3.63) is 0 Å². The second-order valence-corrected chi connectivity index (χ2v) is 10.3. The lowest BCUT2D eigenvalue weighted by molar-refractivity contribution is -0.141. The summed E-state index contributed by atoms with van der Waals surface area (Å²) in [6.45, 7) is 8.84. The smallest absolute Gasteiger partial charge is 0.306 e. The first-order valence-electron chi connectivity index (χ1n) is 9.32. The van der Waals surface area contributed by atoms with Crippen LogP contribution in [0.3, 0.4) is 0 Å². The van der Waals surface area contributed by atoms with Crippen molar-refractivity contribution in [3.63, 3.8) is 0 Å². The second kappa shape index (κ2) is 12.3. The molecule has 0 bridgehead atoms. The van der Waals surface area contributed by atoms with Gasteiger partial charge in [0.05, 0.1) is 13.8 Å². The number of rotatable bonds is 14. The van der Waals surface area contributed by atoms with E-state index in [1.54, 1.807) is 0 Å². The van der Waals surface area contributed by atoms with Gasteiger partial charge in [0.2, 0.25) is 0 Å². The summed E-state index contributed by atoms with van der Waals surface area (Å²) >= 11 is 0. The summed E-state index contributed by atoms with van der Waals surface area (Å²) in [5.41, 5.74) is 0. The third-order valence-electron chi connectivity index (χ3n) is 4.93. The second-order valence-electron chi connectivity index (χ2n) is 6.65. The molecule has 0 radical (unpaired) electrons. The zero-order valence-corrected chi connectivity index (χ0v) is 16.1. The van der Waals surface area contributed by atoms with Crippen LogP contribution in [0.15, 0.2) is 0 Å². The molecule has 126 valence electrons. The van der Waals surface area contributed by atoms with Gasteiger partial charge in [-0.05, 0) is 12.8 Å². The van der Waals surface area contributed by atoms with Gasteiger partial charge in [-0.2, -0.15) is 0 Å². The lowest BCUT2D eigenvalue weighted by atomic mass is 9.94. The summed E-state index contributed by atoms with van der Waals surface area (Å²) in [6, 6.07) is 2.41. The molecule has 0 fully saturated rings. The molecule has 0 amide bonds. The molecule has 0 spiro atoms.